The molecule has 2 amide bonds. The Hall–Kier alpha value is -0.710. The molecule has 0 aromatic rings. The summed E-state index contributed by atoms with van der Waals surface area (Å²) in [6.45, 7) is 3.65. The summed E-state index contributed by atoms with van der Waals surface area (Å²) in [7, 11) is 0. The van der Waals surface area contributed by atoms with E-state index >= 15 is 0 Å². The van der Waals surface area contributed by atoms with Crippen LogP contribution in [0.4, 0.5) is 0 Å². The van der Waals surface area contributed by atoms with Crippen LogP contribution in [-0.4, -0.2) is 59.8 Å². The van der Waals surface area contributed by atoms with Crippen molar-refractivity contribution in [1.29, 1.82) is 0 Å². The van der Waals surface area contributed by atoms with Crippen LogP contribution in [0, 0.1) is 5.92 Å². The minimum absolute atomic E-state index is 0.257. The van der Waals surface area contributed by atoms with Crippen molar-refractivity contribution in [3.05, 3.63) is 0 Å². The van der Waals surface area contributed by atoms with Gasteiger partial charge in [0.05, 0.1) is 5.75 Å². The maximum Gasteiger partial charge on any atom is 0.232 e. The minimum atomic E-state index is 0.257. The monoisotopic (exact) mass is 298 g/mol. The quantitative estimate of drug-likeness (QED) is 0.779. The summed E-state index contributed by atoms with van der Waals surface area (Å²) >= 11 is 1.59. The van der Waals surface area contributed by atoms with Crippen LogP contribution in [0.3, 0.4) is 0 Å². The third-order valence-corrected chi connectivity index (χ3v) is 4.90. The Morgan fingerprint density at radius 2 is 1.75 bits per heavy atom. The van der Waals surface area contributed by atoms with E-state index in [0.29, 0.717) is 24.0 Å². The molecule has 2 heterocycles. The van der Waals surface area contributed by atoms with Crippen molar-refractivity contribution < 1.29 is 9.59 Å². The van der Waals surface area contributed by atoms with Crippen LogP contribution in [0.25, 0.3) is 0 Å². The second-order valence-electron chi connectivity index (χ2n) is 5.91. The molecule has 0 spiro atoms. The van der Waals surface area contributed by atoms with Crippen LogP contribution in [-0.2, 0) is 9.59 Å². The number of hydrogen-bond donors (Lipinski definition) is 0. The minimum Gasteiger partial charge on any atom is -0.343 e. The lowest BCUT2D eigenvalue weighted by Gasteiger charge is -2.33. The third kappa shape index (κ3) is 4.40. The number of hydrogen-bond acceptors (Lipinski definition) is 3. The topological polar surface area (TPSA) is 40.6 Å². The van der Waals surface area contributed by atoms with Gasteiger partial charge in [-0.2, -0.15) is 11.8 Å². The normalized spacial score (nSPS) is 23.1. The van der Waals surface area contributed by atoms with Crippen LogP contribution >= 0.6 is 11.8 Å². The van der Waals surface area contributed by atoms with Crippen molar-refractivity contribution in [1.82, 2.24) is 9.80 Å². The van der Waals surface area contributed by atoms with Crippen LogP contribution in [0.5, 0.6) is 0 Å². The fourth-order valence-electron chi connectivity index (χ4n) is 3.19. The maximum atomic E-state index is 12.0. The number of piperidine rings is 1. The van der Waals surface area contributed by atoms with Crippen LogP contribution in [0.2, 0.25) is 0 Å². The molecule has 114 valence electrons. The SMILES string of the molecule is CSCC(=O)N1CCC[C@H](CCC(=O)N2CCCC2)C1. The van der Waals surface area contributed by atoms with Gasteiger partial charge < -0.3 is 9.80 Å². The van der Waals surface area contributed by atoms with E-state index in [1.165, 1.54) is 0 Å². The molecule has 2 aliphatic rings. The lowest BCUT2D eigenvalue weighted by atomic mass is 9.93. The number of nitrogens with zero attached hydrogens (tertiary/aromatic N) is 2. The van der Waals surface area contributed by atoms with Gasteiger partial charge in [-0.25, -0.2) is 0 Å². The first-order chi connectivity index (χ1) is 9.70. The summed E-state index contributed by atoms with van der Waals surface area (Å²) in [5, 5.41) is 0. The fraction of sp³-hybridized carbons (Fsp3) is 0.867. The molecular formula is C15H26N2O2S. The number of carbonyl (C=O) groups is 2. The molecule has 0 aromatic carbocycles. The van der Waals surface area contributed by atoms with E-state index in [-0.39, 0.29) is 5.91 Å². The Kier molecular flexibility index (Phi) is 6.20. The molecule has 2 rings (SSSR count). The second-order valence-corrected chi connectivity index (χ2v) is 6.77. The first kappa shape index (κ1) is 15.7. The molecule has 0 saturated carbocycles. The predicted molar refractivity (Wildman–Crippen MR) is 82.7 cm³/mol. The first-order valence-electron chi connectivity index (χ1n) is 7.75. The summed E-state index contributed by atoms with van der Waals surface area (Å²) in [5.74, 6) is 1.67. The van der Waals surface area contributed by atoms with Crippen molar-refractivity contribution in [3.63, 3.8) is 0 Å². The molecule has 0 bridgehead atoms. The zero-order valence-corrected chi connectivity index (χ0v) is 13.3. The number of amides is 2. The summed E-state index contributed by atoms with van der Waals surface area (Å²) in [5.41, 5.74) is 0. The summed E-state index contributed by atoms with van der Waals surface area (Å²) < 4.78 is 0. The van der Waals surface area contributed by atoms with Gasteiger partial charge in [-0.15, -0.1) is 0 Å². The van der Waals surface area contributed by atoms with Crippen LogP contribution < -0.4 is 0 Å². The molecule has 4 nitrogen and oxygen atoms in total. The average molecular weight is 298 g/mol. The van der Waals surface area contributed by atoms with Crippen molar-refractivity contribution in [2.75, 3.05) is 38.2 Å². The van der Waals surface area contributed by atoms with Crippen molar-refractivity contribution in [2.24, 2.45) is 5.92 Å². The van der Waals surface area contributed by atoms with E-state index < -0.39 is 0 Å². The molecule has 0 radical (unpaired) electrons. The number of thioether (sulfide) groups is 1. The highest BCUT2D eigenvalue weighted by atomic mass is 32.2. The van der Waals surface area contributed by atoms with Gasteiger partial charge >= 0.3 is 0 Å². The first-order valence-corrected chi connectivity index (χ1v) is 9.14. The Morgan fingerprint density at radius 1 is 1.05 bits per heavy atom. The van der Waals surface area contributed by atoms with Crippen LogP contribution in [0.1, 0.15) is 38.5 Å². The molecule has 0 N–H and O–H groups in total. The molecular weight excluding hydrogens is 272 g/mol. The molecule has 0 aliphatic carbocycles. The lowest BCUT2D eigenvalue weighted by molar-refractivity contribution is -0.131. The van der Waals surface area contributed by atoms with Gasteiger partial charge in [0.15, 0.2) is 0 Å². The molecule has 20 heavy (non-hydrogen) atoms. The van der Waals surface area contributed by atoms with E-state index in [2.05, 4.69) is 0 Å². The smallest absolute Gasteiger partial charge is 0.232 e. The summed E-state index contributed by atoms with van der Waals surface area (Å²) in [4.78, 5) is 28.0. The van der Waals surface area contributed by atoms with Gasteiger partial charge in [0, 0.05) is 32.6 Å². The summed E-state index contributed by atoms with van der Waals surface area (Å²) in [6.07, 6.45) is 8.14. The molecule has 2 saturated heterocycles. The largest absolute Gasteiger partial charge is 0.343 e. The van der Waals surface area contributed by atoms with E-state index in [9.17, 15) is 9.59 Å². The summed E-state index contributed by atoms with van der Waals surface area (Å²) in [6, 6.07) is 0. The molecule has 2 aliphatic heterocycles. The highest BCUT2D eigenvalue weighted by Gasteiger charge is 2.25. The van der Waals surface area contributed by atoms with Crippen LogP contribution in [0.15, 0.2) is 0 Å². The number of rotatable bonds is 5. The maximum absolute atomic E-state index is 12.0. The van der Waals surface area contributed by atoms with Gasteiger partial charge in [-0.3, -0.25) is 9.59 Å². The van der Waals surface area contributed by atoms with E-state index in [1.807, 2.05) is 16.1 Å². The van der Waals surface area contributed by atoms with Crippen molar-refractivity contribution in [3.8, 4) is 0 Å². The Morgan fingerprint density at radius 3 is 2.45 bits per heavy atom. The standard InChI is InChI=1S/C15H26N2O2S/c1-20-12-15(19)17-10-4-5-13(11-17)6-7-14(18)16-8-2-3-9-16/h13H,2-12H2,1H3/t13-/m1/s1. The fourth-order valence-corrected chi connectivity index (χ4v) is 3.62. The van der Waals surface area contributed by atoms with E-state index in [0.717, 1.165) is 58.3 Å². The highest BCUT2D eigenvalue weighted by Crippen LogP contribution is 2.22. The highest BCUT2D eigenvalue weighted by molar-refractivity contribution is 7.99. The van der Waals surface area contributed by atoms with E-state index in [1.54, 1.807) is 11.8 Å². The molecule has 0 unspecified atom stereocenters. The van der Waals surface area contributed by atoms with E-state index in [4.69, 9.17) is 0 Å². The Balaban J connectivity index is 1.72. The lowest BCUT2D eigenvalue weighted by Crippen LogP contribution is -2.41. The average Bonchev–Trinajstić information content (AvgIpc) is 2.99. The zero-order chi connectivity index (χ0) is 14.4. The van der Waals surface area contributed by atoms with Gasteiger partial charge in [0.2, 0.25) is 11.8 Å². The Labute approximate surface area is 126 Å². The van der Waals surface area contributed by atoms with Gasteiger partial charge in [0.1, 0.15) is 0 Å². The molecule has 5 heteroatoms. The van der Waals surface area contributed by atoms with Crippen molar-refractivity contribution in [2.45, 2.75) is 38.5 Å². The molecule has 2 fully saturated rings. The Bertz CT molecular complexity index is 343. The zero-order valence-electron chi connectivity index (χ0n) is 12.5. The number of carbonyl (C=O) groups excluding carboxylic acids is 2. The second kappa shape index (κ2) is 7.91. The van der Waals surface area contributed by atoms with Gasteiger partial charge in [0.25, 0.3) is 0 Å². The predicted octanol–water partition coefficient (Wildman–Crippen LogP) is 1.99. The van der Waals surface area contributed by atoms with Gasteiger partial charge in [-0.05, 0) is 44.3 Å². The molecule has 1 atom stereocenters. The van der Waals surface area contributed by atoms with Gasteiger partial charge in [-0.1, -0.05) is 0 Å². The molecule has 0 aromatic heterocycles. The van der Waals surface area contributed by atoms with Crippen molar-refractivity contribution >= 4 is 23.6 Å². The third-order valence-electron chi connectivity index (χ3n) is 4.36. The number of likely N-dealkylation sites (tertiary alicyclic amines) is 2.